The molecule has 3 N–H and O–H groups in total. The first-order valence-corrected chi connectivity index (χ1v) is 11.7. The number of imide groups is 2. The zero-order valence-corrected chi connectivity index (χ0v) is 21.8. The molecule has 4 unspecified atom stereocenters. The molecule has 4 atom stereocenters. The second-order valence-electron chi connectivity index (χ2n) is 6.32. The van der Waals surface area contributed by atoms with Crippen molar-refractivity contribution in [2.24, 2.45) is 0 Å². The number of epoxide rings is 1. The van der Waals surface area contributed by atoms with Crippen molar-refractivity contribution in [3.8, 4) is 0 Å². The summed E-state index contributed by atoms with van der Waals surface area (Å²) in [6, 6.07) is 0. The van der Waals surface area contributed by atoms with Crippen LogP contribution in [-0.4, -0.2) is 122 Å². The van der Waals surface area contributed by atoms with E-state index in [1.54, 1.807) is 20.1 Å². The molecule has 0 radical (unpaired) electrons. The van der Waals surface area contributed by atoms with Gasteiger partial charge >= 0.3 is 24.1 Å². The number of carbonyl (C=O) groups excluding carboxylic acids is 6. The highest BCUT2D eigenvalue weighted by molar-refractivity contribution is 8.00. The first-order chi connectivity index (χ1) is 17.0. The van der Waals surface area contributed by atoms with Gasteiger partial charge in [-0.25, -0.2) is 25.2 Å². The molecule has 0 spiro atoms. The van der Waals surface area contributed by atoms with Crippen LogP contribution in [0.1, 0.15) is 13.8 Å². The third kappa shape index (κ3) is 9.23. The molecule has 206 valence electrons. The molecular weight excluding hydrogens is 508 g/mol. The number of methoxy groups -OCH3 is 2. The van der Waals surface area contributed by atoms with Gasteiger partial charge in [-0.3, -0.25) is 14.4 Å². The molecule has 1 saturated heterocycles. The van der Waals surface area contributed by atoms with E-state index in [1.807, 2.05) is 0 Å². The van der Waals surface area contributed by atoms with Crippen LogP contribution in [0.3, 0.4) is 0 Å². The van der Waals surface area contributed by atoms with E-state index in [-0.39, 0.29) is 13.2 Å². The maximum atomic E-state index is 11.9. The zero-order valence-electron chi connectivity index (χ0n) is 21.0. The third-order valence-corrected chi connectivity index (χ3v) is 5.13. The summed E-state index contributed by atoms with van der Waals surface area (Å²) in [7, 11) is 4.90. The summed E-state index contributed by atoms with van der Waals surface area (Å²) in [5.41, 5.74) is 4.61. The lowest BCUT2D eigenvalue weighted by Gasteiger charge is -2.24. The second-order valence-corrected chi connectivity index (χ2v) is 7.30. The van der Waals surface area contributed by atoms with Gasteiger partial charge in [-0.2, -0.15) is 10.0 Å². The average Bonchev–Trinajstić information content (AvgIpc) is 3.66. The van der Waals surface area contributed by atoms with E-state index < -0.39 is 59.5 Å². The Bertz CT molecular complexity index is 798. The molecule has 0 bridgehead atoms. The Kier molecular flexibility index (Phi) is 15.3. The molecule has 1 aliphatic rings. The molecule has 4 amide bonds. The molecule has 0 saturated carbocycles. The van der Waals surface area contributed by atoms with E-state index in [1.165, 1.54) is 14.1 Å². The van der Waals surface area contributed by atoms with Crippen LogP contribution < -0.4 is 10.9 Å². The van der Waals surface area contributed by atoms with Crippen molar-refractivity contribution >= 4 is 47.7 Å². The van der Waals surface area contributed by atoms with Gasteiger partial charge in [0.25, 0.3) is 11.8 Å². The maximum absolute atomic E-state index is 11.9. The Morgan fingerprint density at radius 2 is 1.42 bits per heavy atom. The number of rotatable bonds is 10. The maximum Gasteiger partial charge on any atom is 0.431 e. The molecule has 1 heterocycles. The van der Waals surface area contributed by atoms with E-state index in [4.69, 9.17) is 9.47 Å². The monoisotopic (exact) mass is 540 g/mol. The molecule has 16 nitrogen and oxygen atoms in total. The Morgan fingerprint density at radius 3 is 1.83 bits per heavy atom. The summed E-state index contributed by atoms with van der Waals surface area (Å²) in [4.78, 5) is 68.8. The quantitative estimate of drug-likeness (QED) is 0.124. The van der Waals surface area contributed by atoms with Gasteiger partial charge in [0.1, 0.15) is 5.25 Å². The zero-order chi connectivity index (χ0) is 28.0. The smallest absolute Gasteiger partial charge is 0.431 e. The van der Waals surface area contributed by atoms with Crippen molar-refractivity contribution in [1.82, 2.24) is 20.9 Å². The number of carbonyl (C=O) groups is 6. The fourth-order valence-corrected chi connectivity index (χ4v) is 3.07. The number of hydrogen-bond acceptors (Lipinski definition) is 15. The molecule has 1 aliphatic heterocycles. The number of nitrogens with zero attached hydrogens (tertiary/aromatic N) is 2. The van der Waals surface area contributed by atoms with Gasteiger partial charge in [-0.05, 0) is 20.1 Å². The normalized spacial score (nSPS) is 17.2. The largest absolute Gasteiger partial charge is 0.465 e. The minimum Gasteiger partial charge on any atom is -0.465 e. The van der Waals surface area contributed by atoms with Crippen molar-refractivity contribution in [2.75, 3.05) is 47.8 Å². The average molecular weight is 541 g/mol. The SMILES string of the molecule is CCOC(=O)C(SC)C(O)C(=O)N(NC)C(=O)OC.CCOC(=O)C1OC1C(=O)N(NC)C(=O)OC. The Morgan fingerprint density at radius 1 is 0.917 bits per heavy atom. The summed E-state index contributed by atoms with van der Waals surface area (Å²) < 4.78 is 23.0. The van der Waals surface area contributed by atoms with Crippen LogP contribution >= 0.6 is 11.8 Å². The Hall–Kier alpha value is -2.99. The number of ether oxygens (including phenoxy) is 5. The van der Waals surface area contributed by atoms with Gasteiger partial charge in [0, 0.05) is 14.1 Å². The molecule has 0 aromatic heterocycles. The first-order valence-electron chi connectivity index (χ1n) is 10.4. The van der Waals surface area contributed by atoms with Crippen LogP contribution in [-0.2, 0) is 42.9 Å². The summed E-state index contributed by atoms with van der Waals surface area (Å²) in [5.74, 6) is -3.04. The highest BCUT2D eigenvalue weighted by Gasteiger charge is 2.54. The molecule has 0 aromatic carbocycles. The molecule has 0 aromatic rings. The lowest BCUT2D eigenvalue weighted by atomic mass is 10.2. The van der Waals surface area contributed by atoms with Gasteiger partial charge < -0.3 is 28.8 Å². The topological polar surface area (TPSA) is 203 Å². The van der Waals surface area contributed by atoms with Crippen molar-refractivity contribution < 1.29 is 57.6 Å². The summed E-state index contributed by atoms with van der Waals surface area (Å²) in [6.07, 6.45) is -3.99. The molecule has 17 heteroatoms. The standard InChI is InChI=1S/C10H18N2O6S.C9H14N2O6/c1-5-18-9(15)7(19-4)6(13)8(14)12(11-2)10(16)17-3;1-4-16-8(13)6-5(17-6)7(12)11(10-2)9(14)15-3/h6-7,11,13H,5H2,1-4H3;5-6,10H,4H2,1-3H3. The van der Waals surface area contributed by atoms with Crippen LogP contribution in [0.4, 0.5) is 9.59 Å². The highest BCUT2D eigenvalue weighted by Crippen LogP contribution is 2.25. The van der Waals surface area contributed by atoms with Gasteiger partial charge in [0.15, 0.2) is 18.3 Å². The third-order valence-electron chi connectivity index (χ3n) is 4.17. The van der Waals surface area contributed by atoms with Crippen molar-refractivity contribution in [1.29, 1.82) is 0 Å². The lowest BCUT2D eigenvalue weighted by molar-refractivity contribution is -0.151. The number of thioether (sulfide) groups is 1. The fourth-order valence-electron chi connectivity index (χ4n) is 2.44. The van der Waals surface area contributed by atoms with Crippen molar-refractivity contribution in [2.45, 2.75) is 37.4 Å². The van der Waals surface area contributed by atoms with Gasteiger partial charge in [0.05, 0.1) is 27.4 Å². The predicted octanol–water partition coefficient (Wildman–Crippen LogP) is -1.58. The van der Waals surface area contributed by atoms with Crippen molar-refractivity contribution in [3.05, 3.63) is 0 Å². The fraction of sp³-hybridized carbons (Fsp3) is 0.684. The second kappa shape index (κ2) is 16.6. The van der Waals surface area contributed by atoms with Gasteiger partial charge in [-0.1, -0.05) is 0 Å². The van der Waals surface area contributed by atoms with Crippen LogP contribution in [0.2, 0.25) is 0 Å². The minimum absolute atomic E-state index is 0.129. The molecule has 0 aliphatic carbocycles. The number of hydrogen-bond donors (Lipinski definition) is 3. The Balaban J connectivity index is 0.000000684. The Labute approximate surface area is 211 Å². The number of amides is 4. The summed E-state index contributed by atoms with van der Waals surface area (Å²) in [6.45, 7) is 3.58. The van der Waals surface area contributed by atoms with Gasteiger partial charge in [-0.15, -0.1) is 11.8 Å². The number of esters is 2. The van der Waals surface area contributed by atoms with Crippen LogP contribution in [0.5, 0.6) is 0 Å². The van der Waals surface area contributed by atoms with E-state index >= 15 is 0 Å². The van der Waals surface area contributed by atoms with Crippen molar-refractivity contribution in [3.63, 3.8) is 0 Å². The molecular formula is C19H32N4O12S. The van der Waals surface area contributed by atoms with Crippen LogP contribution in [0.25, 0.3) is 0 Å². The molecule has 1 fully saturated rings. The lowest BCUT2D eigenvalue weighted by Crippen LogP contribution is -2.53. The predicted molar refractivity (Wildman–Crippen MR) is 122 cm³/mol. The molecule has 1 rings (SSSR count). The van der Waals surface area contributed by atoms with E-state index in [2.05, 4.69) is 25.1 Å². The van der Waals surface area contributed by atoms with Crippen LogP contribution in [0, 0.1) is 0 Å². The van der Waals surface area contributed by atoms with Crippen LogP contribution in [0.15, 0.2) is 0 Å². The van der Waals surface area contributed by atoms with E-state index in [0.717, 1.165) is 26.0 Å². The van der Waals surface area contributed by atoms with E-state index in [9.17, 15) is 33.9 Å². The highest BCUT2D eigenvalue weighted by atomic mass is 32.2. The summed E-state index contributed by atoms with van der Waals surface area (Å²) in [5, 5.41) is 9.85. The molecule has 36 heavy (non-hydrogen) atoms. The number of aliphatic hydroxyl groups excluding tert-OH is 1. The number of nitrogens with one attached hydrogen (secondary N) is 2. The number of hydrazine groups is 2. The first kappa shape index (κ1) is 33.0. The number of aliphatic hydroxyl groups is 1. The van der Waals surface area contributed by atoms with E-state index in [0.29, 0.717) is 10.0 Å². The minimum atomic E-state index is -1.72. The van der Waals surface area contributed by atoms with Gasteiger partial charge in [0.2, 0.25) is 0 Å². The summed E-state index contributed by atoms with van der Waals surface area (Å²) >= 11 is 0.950.